The first-order chi connectivity index (χ1) is 11.8. The van der Waals surface area contributed by atoms with Gasteiger partial charge in [-0.15, -0.1) is 0 Å². The Labute approximate surface area is 144 Å². The molecular weight excluding hydrogens is 300 g/mol. The van der Waals surface area contributed by atoms with Crippen LogP contribution in [-0.4, -0.2) is 60.6 Å². The standard InChI is InChI=1S/C20H28N2O2/c23-20(22-10-4-5-11-22)18-14-17-9-13-21(15-19(17)24-18)12-8-16-6-2-1-3-7-16/h1-3,6-7,17-19H,4-5,8-15H2/t17-,18+,19+/m0/s1. The van der Waals surface area contributed by atoms with Gasteiger partial charge in [-0.25, -0.2) is 0 Å². The monoisotopic (exact) mass is 328 g/mol. The fourth-order valence-corrected chi connectivity index (χ4v) is 4.43. The van der Waals surface area contributed by atoms with Gasteiger partial charge in [-0.2, -0.15) is 0 Å². The second-order valence-electron chi connectivity index (χ2n) is 7.52. The van der Waals surface area contributed by atoms with E-state index in [9.17, 15) is 4.79 Å². The first kappa shape index (κ1) is 16.1. The van der Waals surface area contributed by atoms with Crippen molar-refractivity contribution < 1.29 is 9.53 Å². The molecule has 4 rings (SSSR count). The number of nitrogens with zero attached hydrogens (tertiary/aromatic N) is 2. The molecule has 4 nitrogen and oxygen atoms in total. The van der Waals surface area contributed by atoms with Crippen LogP contribution in [0.3, 0.4) is 0 Å². The van der Waals surface area contributed by atoms with E-state index in [2.05, 4.69) is 35.2 Å². The van der Waals surface area contributed by atoms with Gasteiger partial charge >= 0.3 is 0 Å². The molecule has 24 heavy (non-hydrogen) atoms. The van der Waals surface area contributed by atoms with Crippen LogP contribution in [-0.2, 0) is 16.0 Å². The molecule has 3 aliphatic rings. The fraction of sp³-hybridized carbons (Fsp3) is 0.650. The Hall–Kier alpha value is -1.39. The van der Waals surface area contributed by atoms with Gasteiger partial charge in [0.15, 0.2) is 0 Å². The second-order valence-corrected chi connectivity index (χ2v) is 7.52. The van der Waals surface area contributed by atoms with Gasteiger partial charge in [-0.05, 0) is 50.1 Å². The molecule has 1 aromatic rings. The summed E-state index contributed by atoms with van der Waals surface area (Å²) in [4.78, 5) is 17.1. The van der Waals surface area contributed by atoms with Gasteiger partial charge < -0.3 is 14.5 Å². The van der Waals surface area contributed by atoms with Crippen LogP contribution in [0.1, 0.15) is 31.2 Å². The molecule has 0 aliphatic carbocycles. The van der Waals surface area contributed by atoms with Crippen LogP contribution in [0.2, 0.25) is 0 Å². The van der Waals surface area contributed by atoms with Crippen molar-refractivity contribution in [3.05, 3.63) is 35.9 Å². The van der Waals surface area contributed by atoms with Crippen molar-refractivity contribution in [2.24, 2.45) is 5.92 Å². The van der Waals surface area contributed by atoms with E-state index in [0.29, 0.717) is 5.92 Å². The average molecular weight is 328 g/mol. The molecule has 0 aromatic heterocycles. The number of fused-ring (bicyclic) bond motifs is 1. The molecule has 3 fully saturated rings. The quantitative estimate of drug-likeness (QED) is 0.850. The van der Waals surface area contributed by atoms with E-state index in [0.717, 1.165) is 58.4 Å². The lowest BCUT2D eigenvalue weighted by Gasteiger charge is -2.34. The highest BCUT2D eigenvalue weighted by atomic mass is 16.5. The van der Waals surface area contributed by atoms with Gasteiger partial charge in [-0.1, -0.05) is 30.3 Å². The average Bonchev–Trinajstić information content (AvgIpc) is 3.29. The minimum Gasteiger partial charge on any atom is -0.364 e. The Kier molecular flexibility index (Phi) is 4.86. The third kappa shape index (κ3) is 3.50. The summed E-state index contributed by atoms with van der Waals surface area (Å²) in [6.07, 6.45) is 5.58. The summed E-state index contributed by atoms with van der Waals surface area (Å²) in [7, 11) is 0. The van der Waals surface area contributed by atoms with Crippen LogP contribution in [0.5, 0.6) is 0 Å². The van der Waals surface area contributed by atoms with Crippen molar-refractivity contribution in [3.8, 4) is 0 Å². The molecule has 0 bridgehead atoms. The van der Waals surface area contributed by atoms with Gasteiger partial charge in [0.2, 0.25) is 0 Å². The minimum absolute atomic E-state index is 0.174. The summed E-state index contributed by atoms with van der Waals surface area (Å²) in [5, 5.41) is 0. The van der Waals surface area contributed by atoms with Crippen LogP contribution in [0.25, 0.3) is 0 Å². The molecule has 3 heterocycles. The normalized spacial score (nSPS) is 30.5. The number of rotatable bonds is 4. The maximum absolute atomic E-state index is 12.6. The molecule has 0 N–H and O–H groups in total. The molecule has 1 aromatic carbocycles. The molecule has 0 saturated carbocycles. The van der Waals surface area contributed by atoms with Gasteiger partial charge in [0, 0.05) is 26.2 Å². The lowest BCUT2D eigenvalue weighted by Crippen LogP contribution is -2.43. The summed E-state index contributed by atoms with van der Waals surface area (Å²) in [6, 6.07) is 10.7. The third-order valence-corrected chi connectivity index (χ3v) is 5.89. The van der Waals surface area contributed by atoms with Gasteiger partial charge in [0.1, 0.15) is 6.10 Å². The van der Waals surface area contributed by atoms with Gasteiger partial charge in [0.05, 0.1) is 6.10 Å². The summed E-state index contributed by atoms with van der Waals surface area (Å²) < 4.78 is 6.19. The van der Waals surface area contributed by atoms with E-state index < -0.39 is 0 Å². The predicted molar refractivity (Wildman–Crippen MR) is 93.8 cm³/mol. The Morgan fingerprint density at radius 3 is 2.71 bits per heavy atom. The first-order valence-corrected chi connectivity index (χ1v) is 9.50. The third-order valence-electron chi connectivity index (χ3n) is 5.89. The van der Waals surface area contributed by atoms with E-state index in [1.807, 2.05) is 4.90 Å². The summed E-state index contributed by atoms with van der Waals surface area (Å²) >= 11 is 0. The number of hydrogen-bond acceptors (Lipinski definition) is 3. The lowest BCUT2D eigenvalue weighted by atomic mass is 9.91. The number of amides is 1. The van der Waals surface area contributed by atoms with Crippen molar-refractivity contribution in [3.63, 3.8) is 0 Å². The maximum Gasteiger partial charge on any atom is 0.251 e. The number of benzene rings is 1. The number of likely N-dealkylation sites (tertiary alicyclic amines) is 2. The lowest BCUT2D eigenvalue weighted by molar-refractivity contribution is -0.142. The SMILES string of the molecule is O=C([C@H]1C[C@@H]2CCN(CCc3ccccc3)C[C@H]2O1)N1CCCC1. The fourth-order valence-electron chi connectivity index (χ4n) is 4.43. The highest BCUT2D eigenvalue weighted by molar-refractivity contribution is 5.81. The van der Waals surface area contributed by atoms with E-state index in [1.54, 1.807) is 0 Å². The molecule has 130 valence electrons. The maximum atomic E-state index is 12.6. The molecule has 3 aliphatic heterocycles. The summed E-state index contributed by atoms with van der Waals surface area (Å²) in [5.41, 5.74) is 1.40. The van der Waals surface area contributed by atoms with E-state index in [-0.39, 0.29) is 18.1 Å². The molecule has 1 amide bonds. The van der Waals surface area contributed by atoms with Crippen molar-refractivity contribution in [2.45, 2.75) is 44.3 Å². The molecule has 0 radical (unpaired) electrons. The zero-order valence-electron chi connectivity index (χ0n) is 14.4. The second kappa shape index (κ2) is 7.24. The zero-order valence-corrected chi connectivity index (χ0v) is 14.4. The van der Waals surface area contributed by atoms with Crippen LogP contribution in [0, 0.1) is 5.92 Å². The molecule has 3 atom stereocenters. The number of carbonyl (C=O) groups is 1. The minimum atomic E-state index is -0.174. The Balaban J connectivity index is 1.28. The van der Waals surface area contributed by atoms with Crippen molar-refractivity contribution in [2.75, 3.05) is 32.7 Å². The van der Waals surface area contributed by atoms with Crippen molar-refractivity contribution in [1.82, 2.24) is 9.80 Å². The predicted octanol–water partition coefficient (Wildman–Crippen LogP) is 2.33. The number of piperidine rings is 1. The number of hydrogen-bond donors (Lipinski definition) is 0. The highest BCUT2D eigenvalue weighted by Crippen LogP contribution is 2.34. The van der Waals surface area contributed by atoms with Gasteiger partial charge in [0.25, 0.3) is 5.91 Å². The Morgan fingerprint density at radius 1 is 1.12 bits per heavy atom. The summed E-state index contributed by atoms with van der Waals surface area (Å²) in [5.74, 6) is 0.826. The van der Waals surface area contributed by atoms with Crippen LogP contribution in [0.15, 0.2) is 30.3 Å². The van der Waals surface area contributed by atoms with E-state index >= 15 is 0 Å². The molecule has 4 heteroatoms. The number of carbonyl (C=O) groups excluding carboxylic acids is 1. The van der Waals surface area contributed by atoms with E-state index in [4.69, 9.17) is 4.74 Å². The largest absolute Gasteiger partial charge is 0.364 e. The summed E-state index contributed by atoms with van der Waals surface area (Å²) in [6.45, 7) is 5.07. The highest BCUT2D eigenvalue weighted by Gasteiger charge is 2.43. The van der Waals surface area contributed by atoms with Crippen molar-refractivity contribution in [1.29, 1.82) is 0 Å². The molecule has 0 unspecified atom stereocenters. The molecule has 3 saturated heterocycles. The first-order valence-electron chi connectivity index (χ1n) is 9.50. The Bertz CT molecular complexity index is 556. The smallest absolute Gasteiger partial charge is 0.251 e. The molecule has 0 spiro atoms. The number of ether oxygens (including phenoxy) is 1. The van der Waals surface area contributed by atoms with Crippen LogP contribution < -0.4 is 0 Å². The van der Waals surface area contributed by atoms with Crippen LogP contribution >= 0.6 is 0 Å². The van der Waals surface area contributed by atoms with Crippen molar-refractivity contribution >= 4 is 5.91 Å². The topological polar surface area (TPSA) is 32.8 Å². The molecular formula is C20H28N2O2. The van der Waals surface area contributed by atoms with E-state index in [1.165, 1.54) is 12.0 Å². The van der Waals surface area contributed by atoms with Crippen LogP contribution in [0.4, 0.5) is 0 Å². The Morgan fingerprint density at radius 2 is 1.92 bits per heavy atom. The van der Waals surface area contributed by atoms with Gasteiger partial charge in [-0.3, -0.25) is 4.79 Å². The zero-order chi connectivity index (χ0) is 16.4.